The summed E-state index contributed by atoms with van der Waals surface area (Å²) in [5, 5.41) is 14.7. The van der Waals surface area contributed by atoms with Gasteiger partial charge >= 0.3 is 5.97 Å². The molecule has 0 aliphatic carbocycles. The van der Waals surface area contributed by atoms with E-state index in [2.05, 4.69) is 10.3 Å². The molecule has 1 heterocycles. The molecule has 20 heavy (non-hydrogen) atoms. The van der Waals surface area contributed by atoms with Gasteiger partial charge < -0.3 is 5.11 Å². The van der Waals surface area contributed by atoms with E-state index in [0.29, 0.717) is 16.3 Å². The molecule has 0 bridgehead atoms. The fraction of sp³-hybridized carbons (Fsp3) is 0.154. The molecule has 2 rings (SSSR count). The van der Waals surface area contributed by atoms with Gasteiger partial charge in [0.1, 0.15) is 5.03 Å². The second kappa shape index (κ2) is 6.53. The molecule has 0 spiro atoms. The number of carboxylic acids is 1. The summed E-state index contributed by atoms with van der Waals surface area (Å²) in [7, 11) is 0. The average Bonchev–Trinajstić information content (AvgIpc) is 2.86. The zero-order valence-electron chi connectivity index (χ0n) is 10.6. The van der Waals surface area contributed by atoms with E-state index in [4.69, 9.17) is 5.11 Å². The smallest absolute Gasteiger partial charge is 0.307 e. The summed E-state index contributed by atoms with van der Waals surface area (Å²) in [4.78, 5) is 27.2. The molecule has 7 heteroatoms. The van der Waals surface area contributed by atoms with Crippen LogP contribution < -0.4 is 5.32 Å². The number of benzene rings is 1. The molecule has 0 unspecified atom stereocenters. The van der Waals surface area contributed by atoms with Crippen LogP contribution in [0.1, 0.15) is 15.9 Å². The Labute approximate surface area is 124 Å². The average molecular weight is 308 g/mol. The molecular weight excluding hydrogens is 296 g/mol. The SMILES string of the molecule is CSc1csc(NC(=O)c2ccccc2CC(=O)O)n1. The van der Waals surface area contributed by atoms with Crippen molar-refractivity contribution >= 4 is 40.1 Å². The van der Waals surface area contributed by atoms with Crippen LogP contribution in [0.4, 0.5) is 5.13 Å². The van der Waals surface area contributed by atoms with Crippen molar-refractivity contribution in [3.05, 3.63) is 40.8 Å². The molecular formula is C13H12N2O3S2. The first kappa shape index (κ1) is 14.5. The van der Waals surface area contributed by atoms with Gasteiger partial charge in [-0.15, -0.1) is 23.1 Å². The third kappa shape index (κ3) is 3.58. The van der Waals surface area contributed by atoms with Gasteiger partial charge in [-0.25, -0.2) is 4.98 Å². The molecule has 1 amide bonds. The number of thioether (sulfide) groups is 1. The highest BCUT2D eigenvalue weighted by Crippen LogP contribution is 2.23. The number of aliphatic carboxylic acids is 1. The van der Waals surface area contributed by atoms with Crippen molar-refractivity contribution in [3.63, 3.8) is 0 Å². The quantitative estimate of drug-likeness (QED) is 0.830. The van der Waals surface area contributed by atoms with Crippen molar-refractivity contribution in [2.75, 3.05) is 11.6 Å². The first-order chi connectivity index (χ1) is 9.60. The number of nitrogens with zero attached hydrogens (tertiary/aromatic N) is 1. The number of carboxylic acid groups (broad SMARTS) is 1. The summed E-state index contributed by atoms with van der Waals surface area (Å²) in [5.74, 6) is -1.31. The molecule has 5 nitrogen and oxygen atoms in total. The van der Waals surface area contributed by atoms with Gasteiger partial charge in [-0.2, -0.15) is 0 Å². The van der Waals surface area contributed by atoms with E-state index in [-0.39, 0.29) is 12.3 Å². The number of hydrogen-bond donors (Lipinski definition) is 2. The number of rotatable bonds is 5. The minimum Gasteiger partial charge on any atom is -0.481 e. The monoisotopic (exact) mass is 308 g/mol. The van der Waals surface area contributed by atoms with Crippen molar-refractivity contribution in [3.8, 4) is 0 Å². The van der Waals surface area contributed by atoms with E-state index < -0.39 is 5.97 Å². The van der Waals surface area contributed by atoms with Gasteiger partial charge in [-0.3, -0.25) is 14.9 Å². The van der Waals surface area contributed by atoms with Gasteiger partial charge in [0.05, 0.1) is 6.42 Å². The first-order valence-electron chi connectivity index (χ1n) is 5.70. The number of carbonyl (C=O) groups is 2. The zero-order chi connectivity index (χ0) is 14.5. The largest absolute Gasteiger partial charge is 0.481 e. The summed E-state index contributed by atoms with van der Waals surface area (Å²) < 4.78 is 0. The Bertz CT molecular complexity index is 640. The molecule has 0 aliphatic rings. The number of aromatic nitrogens is 1. The standard InChI is InChI=1S/C13H12N2O3S2/c1-19-10-7-20-13(14-10)15-12(18)9-5-3-2-4-8(9)6-11(16)17/h2-5,7H,6H2,1H3,(H,16,17)(H,14,15,18). The van der Waals surface area contributed by atoms with Crippen LogP contribution in [0.3, 0.4) is 0 Å². The summed E-state index contributed by atoms with van der Waals surface area (Å²) in [6, 6.07) is 6.66. The van der Waals surface area contributed by atoms with Crippen LogP contribution in [0, 0.1) is 0 Å². The van der Waals surface area contributed by atoms with E-state index in [1.165, 1.54) is 23.1 Å². The Balaban J connectivity index is 2.18. The van der Waals surface area contributed by atoms with Crippen LogP contribution in [0.15, 0.2) is 34.7 Å². The normalized spacial score (nSPS) is 10.2. The fourth-order valence-electron chi connectivity index (χ4n) is 1.63. The number of anilines is 1. The van der Waals surface area contributed by atoms with E-state index in [0.717, 1.165) is 5.03 Å². The van der Waals surface area contributed by atoms with Crippen molar-refractivity contribution in [2.24, 2.45) is 0 Å². The molecule has 104 valence electrons. The van der Waals surface area contributed by atoms with E-state index in [1.54, 1.807) is 24.3 Å². The maximum atomic E-state index is 12.2. The Morgan fingerprint density at radius 1 is 1.40 bits per heavy atom. The maximum Gasteiger partial charge on any atom is 0.307 e. The van der Waals surface area contributed by atoms with Crippen LogP contribution in [0.25, 0.3) is 0 Å². The van der Waals surface area contributed by atoms with Gasteiger partial charge in [0, 0.05) is 10.9 Å². The van der Waals surface area contributed by atoms with Gasteiger partial charge in [0.2, 0.25) is 0 Å². The molecule has 0 saturated carbocycles. The minimum absolute atomic E-state index is 0.183. The second-order valence-corrected chi connectivity index (χ2v) is 5.56. The molecule has 1 aromatic carbocycles. The van der Waals surface area contributed by atoms with E-state index >= 15 is 0 Å². The van der Waals surface area contributed by atoms with Crippen LogP contribution in [-0.2, 0) is 11.2 Å². The van der Waals surface area contributed by atoms with Crippen molar-refractivity contribution < 1.29 is 14.7 Å². The van der Waals surface area contributed by atoms with E-state index in [1.807, 2.05) is 11.6 Å². The van der Waals surface area contributed by atoms with Crippen LogP contribution >= 0.6 is 23.1 Å². The Morgan fingerprint density at radius 3 is 2.80 bits per heavy atom. The Morgan fingerprint density at radius 2 is 2.15 bits per heavy atom. The molecule has 0 radical (unpaired) electrons. The van der Waals surface area contributed by atoms with Gasteiger partial charge in [0.25, 0.3) is 5.91 Å². The maximum absolute atomic E-state index is 12.2. The number of thiazole rings is 1. The molecule has 0 saturated heterocycles. The lowest BCUT2D eigenvalue weighted by molar-refractivity contribution is -0.136. The molecule has 2 N–H and O–H groups in total. The van der Waals surface area contributed by atoms with Gasteiger partial charge in [-0.05, 0) is 17.9 Å². The molecule has 1 aromatic heterocycles. The van der Waals surface area contributed by atoms with E-state index in [9.17, 15) is 9.59 Å². The van der Waals surface area contributed by atoms with Crippen molar-refractivity contribution in [1.82, 2.24) is 4.98 Å². The lowest BCUT2D eigenvalue weighted by Gasteiger charge is -2.06. The number of hydrogen-bond acceptors (Lipinski definition) is 5. The Hall–Kier alpha value is -1.86. The minimum atomic E-state index is -0.968. The molecule has 0 aliphatic heterocycles. The molecule has 2 aromatic rings. The van der Waals surface area contributed by atoms with Crippen LogP contribution in [-0.4, -0.2) is 28.2 Å². The topological polar surface area (TPSA) is 79.3 Å². The highest BCUT2D eigenvalue weighted by Gasteiger charge is 2.14. The predicted molar refractivity (Wildman–Crippen MR) is 79.6 cm³/mol. The summed E-state index contributed by atoms with van der Waals surface area (Å²) in [6.07, 6.45) is 1.72. The van der Waals surface area contributed by atoms with Crippen molar-refractivity contribution in [2.45, 2.75) is 11.4 Å². The zero-order valence-corrected chi connectivity index (χ0v) is 12.3. The number of amides is 1. The highest BCUT2D eigenvalue weighted by atomic mass is 32.2. The Kier molecular flexibility index (Phi) is 4.75. The fourth-order valence-corrected chi connectivity index (χ4v) is 2.97. The lowest BCUT2D eigenvalue weighted by atomic mass is 10.0. The van der Waals surface area contributed by atoms with Crippen molar-refractivity contribution in [1.29, 1.82) is 0 Å². The van der Waals surface area contributed by atoms with Crippen LogP contribution in [0.2, 0.25) is 0 Å². The summed E-state index contributed by atoms with van der Waals surface area (Å²) in [6.45, 7) is 0. The van der Waals surface area contributed by atoms with Gasteiger partial charge in [-0.1, -0.05) is 18.2 Å². The highest BCUT2D eigenvalue weighted by molar-refractivity contribution is 7.98. The molecule has 0 fully saturated rings. The second-order valence-electron chi connectivity index (χ2n) is 3.88. The number of nitrogens with one attached hydrogen (secondary N) is 1. The van der Waals surface area contributed by atoms with Crippen LogP contribution in [0.5, 0.6) is 0 Å². The third-order valence-corrected chi connectivity index (χ3v) is 4.05. The summed E-state index contributed by atoms with van der Waals surface area (Å²) in [5.41, 5.74) is 0.843. The lowest BCUT2D eigenvalue weighted by Crippen LogP contribution is -2.15. The predicted octanol–water partition coefficient (Wildman–Crippen LogP) is 2.74. The van der Waals surface area contributed by atoms with Gasteiger partial charge in [0.15, 0.2) is 5.13 Å². The third-order valence-electron chi connectivity index (χ3n) is 2.52. The summed E-state index contributed by atoms with van der Waals surface area (Å²) >= 11 is 2.83. The molecule has 0 atom stereocenters. The first-order valence-corrected chi connectivity index (χ1v) is 7.81. The number of carbonyl (C=O) groups excluding carboxylic acids is 1.